The zero-order chi connectivity index (χ0) is 20.1. The van der Waals surface area contributed by atoms with E-state index in [1.54, 1.807) is 30.5 Å². The van der Waals surface area contributed by atoms with Crippen LogP contribution >= 0.6 is 11.6 Å². The lowest BCUT2D eigenvalue weighted by molar-refractivity contribution is -0.123. The van der Waals surface area contributed by atoms with E-state index in [-0.39, 0.29) is 18.6 Å². The molecule has 2 aromatic carbocycles. The van der Waals surface area contributed by atoms with E-state index in [1.807, 2.05) is 12.3 Å². The van der Waals surface area contributed by atoms with Crippen molar-refractivity contribution in [1.82, 2.24) is 10.3 Å². The molecule has 0 aliphatic carbocycles. The van der Waals surface area contributed by atoms with Gasteiger partial charge in [-0.2, -0.15) is 0 Å². The molecule has 3 aromatic rings. The van der Waals surface area contributed by atoms with Crippen molar-refractivity contribution in [3.63, 3.8) is 0 Å². The summed E-state index contributed by atoms with van der Waals surface area (Å²) in [6.07, 6.45) is 4.62. The quantitative estimate of drug-likeness (QED) is 0.642. The summed E-state index contributed by atoms with van der Waals surface area (Å²) in [7, 11) is 0. The summed E-state index contributed by atoms with van der Waals surface area (Å²) in [5.41, 5.74) is 3.62. The number of hydrogen-bond donors (Lipinski definition) is 1. The van der Waals surface area contributed by atoms with Gasteiger partial charge >= 0.3 is 0 Å². The Kier molecular flexibility index (Phi) is 5.96. The number of para-hydroxylation sites is 1. The number of halogens is 1. The summed E-state index contributed by atoms with van der Waals surface area (Å²) >= 11 is 5.87. The highest BCUT2D eigenvalue weighted by molar-refractivity contribution is 6.30. The maximum Gasteiger partial charge on any atom is 0.258 e. The van der Waals surface area contributed by atoms with E-state index in [2.05, 4.69) is 45.5 Å². The van der Waals surface area contributed by atoms with Crippen molar-refractivity contribution in [2.24, 2.45) is 0 Å². The Labute approximate surface area is 175 Å². The van der Waals surface area contributed by atoms with E-state index in [9.17, 15) is 4.79 Å². The second-order valence-corrected chi connectivity index (χ2v) is 7.36. The summed E-state index contributed by atoms with van der Waals surface area (Å²) in [5.74, 6) is 0.447. The molecule has 1 aliphatic heterocycles. The van der Waals surface area contributed by atoms with E-state index >= 15 is 0 Å². The van der Waals surface area contributed by atoms with Crippen molar-refractivity contribution in [1.29, 1.82) is 0 Å². The van der Waals surface area contributed by atoms with Gasteiger partial charge in [0.25, 0.3) is 5.91 Å². The number of ether oxygens (including phenoxy) is 1. The van der Waals surface area contributed by atoms with E-state index in [4.69, 9.17) is 16.3 Å². The van der Waals surface area contributed by atoms with Crippen molar-refractivity contribution in [2.75, 3.05) is 24.6 Å². The van der Waals surface area contributed by atoms with Crippen LogP contribution in [0.25, 0.3) is 0 Å². The van der Waals surface area contributed by atoms with E-state index < -0.39 is 0 Å². The molecule has 1 N–H and O–H groups in total. The molecule has 0 fully saturated rings. The van der Waals surface area contributed by atoms with Gasteiger partial charge in [-0.3, -0.25) is 9.78 Å². The molecule has 1 atom stereocenters. The number of nitrogens with one attached hydrogen (secondary N) is 1. The Morgan fingerprint density at radius 2 is 1.97 bits per heavy atom. The molecule has 1 aliphatic rings. The van der Waals surface area contributed by atoms with Gasteiger partial charge in [0, 0.05) is 36.2 Å². The molecule has 148 valence electrons. The number of fused-ring (bicyclic) bond motifs is 1. The van der Waals surface area contributed by atoms with Crippen LogP contribution in [0.1, 0.15) is 17.2 Å². The Balaban J connectivity index is 1.42. The molecule has 0 unspecified atom stereocenters. The smallest absolute Gasteiger partial charge is 0.258 e. The monoisotopic (exact) mass is 407 g/mol. The highest BCUT2D eigenvalue weighted by atomic mass is 35.5. The first kappa shape index (κ1) is 19.3. The topological polar surface area (TPSA) is 54.5 Å². The van der Waals surface area contributed by atoms with Gasteiger partial charge in [-0.15, -0.1) is 0 Å². The lowest BCUT2D eigenvalue weighted by Gasteiger charge is -2.31. The third-order valence-electron chi connectivity index (χ3n) is 5.04. The third-order valence-corrected chi connectivity index (χ3v) is 5.30. The van der Waals surface area contributed by atoms with Crippen molar-refractivity contribution in [3.8, 4) is 5.75 Å². The Hall–Kier alpha value is -3.05. The molecule has 4 rings (SSSR count). The number of carbonyl (C=O) groups is 1. The number of benzene rings is 2. The lowest BCUT2D eigenvalue weighted by atomic mass is 10.1. The number of aromatic nitrogens is 1. The normalized spacial score (nSPS) is 13.6. The van der Waals surface area contributed by atoms with Crippen LogP contribution in [0.4, 0.5) is 5.69 Å². The molecule has 0 spiro atoms. The standard InChI is InChI=1S/C23H22ClN3O2/c24-19-7-9-20(10-8-19)29-16-23(28)26-15-22(18-5-3-12-25-14-18)27-13-11-17-4-1-2-6-21(17)27/h1-10,12,14,22H,11,13,15-16H2,(H,26,28)/t22-/m1/s1. The van der Waals surface area contributed by atoms with Gasteiger partial charge in [0.05, 0.1) is 6.04 Å². The van der Waals surface area contributed by atoms with Crippen molar-refractivity contribution >= 4 is 23.2 Å². The maximum atomic E-state index is 12.4. The molecule has 0 saturated heterocycles. The minimum Gasteiger partial charge on any atom is -0.484 e. The van der Waals surface area contributed by atoms with Crippen LogP contribution in [0.15, 0.2) is 73.1 Å². The second kappa shape index (κ2) is 8.97. The number of hydrogen-bond acceptors (Lipinski definition) is 4. The molecule has 0 bridgehead atoms. The van der Waals surface area contributed by atoms with Gasteiger partial charge in [0.15, 0.2) is 6.61 Å². The molecule has 0 radical (unpaired) electrons. The van der Waals surface area contributed by atoms with Crippen LogP contribution < -0.4 is 15.0 Å². The molecule has 29 heavy (non-hydrogen) atoms. The number of anilines is 1. The highest BCUT2D eigenvalue weighted by Crippen LogP contribution is 2.34. The number of carbonyl (C=O) groups excluding carboxylic acids is 1. The van der Waals surface area contributed by atoms with Gasteiger partial charge in [-0.1, -0.05) is 35.9 Å². The summed E-state index contributed by atoms with van der Waals surface area (Å²) in [5, 5.41) is 3.64. The van der Waals surface area contributed by atoms with Gasteiger partial charge in [0.2, 0.25) is 0 Å². The van der Waals surface area contributed by atoms with E-state index in [0.717, 1.165) is 18.5 Å². The number of pyridine rings is 1. The van der Waals surface area contributed by atoms with Crippen LogP contribution in [0.5, 0.6) is 5.75 Å². The maximum absolute atomic E-state index is 12.4. The van der Waals surface area contributed by atoms with Crippen LogP contribution in [0.3, 0.4) is 0 Å². The van der Waals surface area contributed by atoms with Crippen molar-refractivity contribution in [3.05, 3.63) is 89.2 Å². The molecular formula is C23H22ClN3O2. The van der Waals surface area contributed by atoms with Gasteiger partial charge in [-0.25, -0.2) is 0 Å². The van der Waals surface area contributed by atoms with E-state index in [1.165, 1.54) is 11.3 Å². The van der Waals surface area contributed by atoms with Gasteiger partial charge < -0.3 is 15.0 Å². The number of rotatable bonds is 7. The summed E-state index contributed by atoms with van der Waals surface area (Å²) in [6, 6.07) is 19.4. The number of amides is 1. The molecular weight excluding hydrogens is 386 g/mol. The summed E-state index contributed by atoms with van der Waals surface area (Å²) in [6.45, 7) is 1.34. The zero-order valence-electron chi connectivity index (χ0n) is 15.9. The summed E-state index contributed by atoms with van der Waals surface area (Å²) in [4.78, 5) is 19.0. The minimum atomic E-state index is -0.165. The molecule has 6 heteroatoms. The fourth-order valence-electron chi connectivity index (χ4n) is 3.61. The molecule has 2 heterocycles. The Morgan fingerprint density at radius 3 is 2.76 bits per heavy atom. The average Bonchev–Trinajstić information content (AvgIpc) is 3.18. The zero-order valence-corrected chi connectivity index (χ0v) is 16.7. The molecule has 5 nitrogen and oxygen atoms in total. The largest absolute Gasteiger partial charge is 0.484 e. The van der Waals surface area contributed by atoms with E-state index in [0.29, 0.717) is 17.3 Å². The first-order valence-corrected chi connectivity index (χ1v) is 9.98. The second-order valence-electron chi connectivity index (χ2n) is 6.92. The average molecular weight is 408 g/mol. The molecule has 1 aromatic heterocycles. The van der Waals surface area contributed by atoms with Gasteiger partial charge in [-0.05, 0) is 53.9 Å². The summed E-state index contributed by atoms with van der Waals surface area (Å²) < 4.78 is 5.55. The fourth-order valence-corrected chi connectivity index (χ4v) is 3.74. The van der Waals surface area contributed by atoms with Crippen LogP contribution in [0, 0.1) is 0 Å². The van der Waals surface area contributed by atoms with Crippen LogP contribution in [0.2, 0.25) is 5.02 Å². The van der Waals surface area contributed by atoms with Crippen LogP contribution in [-0.4, -0.2) is 30.6 Å². The highest BCUT2D eigenvalue weighted by Gasteiger charge is 2.27. The fraction of sp³-hybridized carbons (Fsp3) is 0.217. The Morgan fingerprint density at radius 1 is 1.14 bits per heavy atom. The van der Waals surface area contributed by atoms with Gasteiger partial charge in [0.1, 0.15) is 5.75 Å². The number of nitrogens with zero attached hydrogens (tertiary/aromatic N) is 2. The predicted molar refractivity (Wildman–Crippen MR) is 114 cm³/mol. The molecule has 0 saturated carbocycles. The minimum absolute atomic E-state index is 0.00633. The third kappa shape index (κ3) is 4.69. The van der Waals surface area contributed by atoms with Crippen molar-refractivity contribution < 1.29 is 9.53 Å². The first-order chi connectivity index (χ1) is 14.2. The SMILES string of the molecule is O=C(COc1ccc(Cl)cc1)NC[C@H](c1cccnc1)N1CCc2ccccc21. The van der Waals surface area contributed by atoms with Crippen molar-refractivity contribution in [2.45, 2.75) is 12.5 Å². The Bertz CT molecular complexity index is 963. The first-order valence-electron chi connectivity index (χ1n) is 9.60. The molecule has 1 amide bonds. The predicted octanol–water partition coefficient (Wildman–Crippen LogP) is 4.03. The lowest BCUT2D eigenvalue weighted by Crippen LogP contribution is -2.39. The van der Waals surface area contributed by atoms with Crippen LogP contribution in [-0.2, 0) is 11.2 Å².